The van der Waals surface area contributed by atoms with Gasteiger partial charge in [0.15, 0.2) is 0 Å². The molecule has 0 bridgehead atoms. The highest BCUT2D eigenvalue weighted by atomic mass is 32.2. The van der Waals surface area contributed by atoms with Gasteiger partial charge in [-0.15, -0.1) is 0 Å². The summed E-state index contributed by atoms with van der Waals surface area (Å²) < 4.78 is 36.5. The molecule has 0 spiro atoms. The lowest BCUT2D eigenvalue weighted by atomic mass is 10.1. The second kappa shape index (κ2) is 10.7. The van der Waals surface area contributed by atoms with Gasteiger partial charge in [-0.25, -0.2) is 22.5 Å². The third-order valence-corrected chi connectivity index (χ3v) is 5.77. The average molecular weight is 488 g/mol. The van der Waals surface area contributed by atoms with Crippen LogP contribution in [0.5, 0.6) is 5.75 Å². The minimum Gasteiger partial charge on any atom is -0.494 e. The van der Waals surface area contributed by atoms with Crippen LogP contribution in [0.15, 0.2) is 73.1 Å². The molecule has 0 radical (unpaired) electrons. The Hall–Kier alpha value is -4.42. The Kier molecular flexibility index (Phi) is 7.24. The van der Waals surface area contributed by atoms with Gasteiger partial charge in [-0.1, -0.05) is 30.0 Å². The van der Waals surface area contributed by atoms with Gasteiger partial charge in [-0.05, 0) is 49.4 Å². The zero-order valence-electron chi connectivity index (χ0n) is 19.0. The molecule has 0 N–H and O–H groups in total. The Labute approximate surface area is 204 Å². The molecule has 0 aliphatic heterocycles. The summed E-state index contributed by atoms with van der Waals surface area (Å²) in [5.41, 5.74) is 2.44. The maximum absolute atomic E-state index is 12.5. The molecule has 35 heavy (non-hydrogen) atoms. The third-order valence-electron chi connectivity index (χ3n) is 5.01. The van der Waals surface area contributed by atoms with Gasteiger partial charge < -0.3 is 9.47 Å². The monoisotopic (exact) mass is 487 g/mol. The maximum Gasteiger partial charge on any atom is 0.356 e. The molecule has 0 fully saturated rings. The number of rotatable bonds is 6. The first kappa shape index (κ1) is 23.7. The standard InChI is InChI=1S/C26H21N3O5S/c1-3-34-21-12-14-23(20(16-21)11-9-18-10-13-22(28-17-18)26(30)33-2)29(35(31)32)24-8-4-6-19-7-5-15-27-25(19)24/h4-8,10,12-17,35H,3H2,1-2H3. The van der Waals surface area contributed by atoms with E-state index in [1.54, 1.807) is 48.7 Å². The summed E-state index contributed by atoms with van der Waals surface area (Å²) in [7, 11) is -1.80. The fourth-order valence-corrected chi connectivity index (χ4v) is 4.14. The van der Waals surface area contributed by atoms with Gasteiger partial charge in [0.05, 0.1) is 36.2 Å². The summed E-state index contributed by atoms with van der Waals surface area (Å²) in [5, 5.41) is 0.808. The molecule has 0 unspecified atom stereocenters. The van der Waals surface area contributed by atoms with Crippen LogP contribution in [0.2, 0.25) is 0 Å². The molecule has 0 aliphatic rings. The molecule has 0 atom stereocenters. The predicted octanol–water partition coefficient (Wildman–Crippen LogP) is 3.88. The molecule has 0 saturated heterocycles. The van der Waals surface area contributed by atoms with Gasteiger partial charge in [0, 0.05) is 23.3 Å². The highest BCUT2D eigenvalue weighted by Crippen LogP contribution is 2.34. The molecule has 8 nitrogen and oxygen atoms in total. The van der Waals surface area contributed by atoms with E-state index in [1.807, 2.05) is 19.1 Å². The minimum absolute atomic E-state index is 0.162. The number of hydrogen-bond acceptors (Lipinski definition) is 7. The number of para-hydroxylation sites is 1. The van der Waals surface area contributed by atoms with E-state index < -0.39 is 16.9 Å². The van der Waals surface area contributed by atoms with Crippen LogP contribution in [0.3, 0.4) is 0 Å². The first-order valence-electron chi connectivity index (χ1n) is 10.6. The van der Waals surface area contributed by atoms with Crippen LogP contribution in [0.25, 0.3) is 10.9 Å². The van der Waals surface area contributed by atoms with Gasteiger partial charge in [0.2, 0.25) is 10.9 Å². The number of anilines is 2. The Balaban J connectivity index is 1.83. The second-order valence-corrected chi connectivity index (χ2v) is 8.06. The molecule has 176 valence electrons. The molecule has 9 heteroatoms. The lowest BCUT2D eigenvalue weighted by Crippen LogP contribution is -2.16. The van der Waals surface area contributed by atoms with Crippen molar-refractivity contribution in [3.05, 3.63) is 89.9 Å². The summed E-state index contributed by atoms with van der Waals surface area (Å²) in [4.78, 5) is 20.1. The second-order valence-electron chi connectivity index (χ2n) is 7.19. The van der Waals surface area contributed by atoms with Crippen LogP contribution >= 0.6 is 0 Å². The number of pyridine rings is 2. The highest BCUT2D eigenvalue weighted by molar-refractivity contribution is 7.74. The summed E-state index contributed by atoms with van der Waals surface area (Å²) in [6, 6.07) is 17.2. The van der Waals surface area contributed by atoms with Crippen molar-refractivity contribution in [1.29, 1.82) is 0 Å². The predicted molar refractivity (Wildman–Crippen MR) is 133 cm³/mol. The summed E-state index contributed by atoms with van der Waals surface area (Å²) in [6.07, 6.45) is 3.07. The van der Waals surface area contributed by atoms with E-state index in [4.69, 9.17) is 4.74 Å². The number of thiol groups is 1. The number of hydrogen-bond donors (Lipinski definition) is 1. The Morgan fingerprint density at radius 2 is 1.83 bits per heavy atom. The quantitative estimate of drug-likeness (QED) is 0.250. The Bertz CT molecular complexity index is 1510. The van der Waals surface area contributed by atoms with Crippen molar-refractivity contribution in [3.63, 3.8) is 0 Å². The minimum atomic E-state index is -3.08. The zero-order chi connectivity index (χ0) is 24.8. The van der Waals surface area contributed by atoms with Crippen molar-refractivity contribution in [2.45, 2.75) is 6.92 Å². The topological polar surface area (TPSA) is 98.7 Å². The SMILES string of the molecule is CCOc1ccc(N(c2cccc3cccnc23)[SH](=O)=O)c(C#Cc2ccc(C(=O)OC)nc2)c1. The number of carbonyl (C=O) groups is 1. The molecule has 0 aliphatic carbocycles. The number of aromatic nitrogens is 2. The Morgan fingerprint density at radius 3 is 2.54 bits per heavy atom. The first-order valence-corrected chi connectivity index (χ1v) is 11.8. The van der Waals surface area contributed by atoms with Gasteiger partial charge >= 0.3 is 5.97 Å². The largest absolute Gasteiger partial charge is 0.494 e. The number of esters is 1. The van der Waals surface area contributed by atoms with Gasteiger partial charge in [-0.3, -0.25) is 4.98 Å². The van der Waals surface area contributed by atoms with Crippen LogP contribution in [0, 0.1) is 11.8 Å². The molecular formula is C26H21N3O5S. The van der Waals surface area contributed by atoms with Crippen molar-refractivity contribution in [3.8, 4) is 17.6 Å². The third kappa shape index (κ3) is 5.23. The van der Waals surface area contributed by atoms with Gasteiger partial charge in [-0.2, -0.15) is 0 Å². The van der Waals surface area contributed by atoms with E-state index in [1.165, 1.54) is 23.7 Å². The average Bonchev–Trinajstić information content (AvgIpc) is 2.88. The number of ether oxygens (including phenoxy) is 2. The fraction of sp³-hybridized carbons (Fsp3) is 0.115. The van der Waals surface area contributed by atoms with Crippen molar-refractivity contribution in [2.75, 3.05) is 18.0 Å². The number of fused-ring (bicyclic) bond motifs is 1. The molecule has 0 amide bonds. The molecule has 4 aromatic rings. The van der Waals surface area contributed by atoms with E-state index in [0.717, 1.165) is 5.39 Å². The van der Waals surface area contributed by atoms with Crippen LogP contribution in [0.1, 0.15) is 28.5 Å². The van der Waals surface area contributed by atoms with Gasteiger partial charge in [0.1, 0.15) is 11.4 Å². The Morgan fingerprint density at radius 1 is 1.00 bits per heavy atom. The number of carbonyl (C=O) groups excluding carboxylic acids is 1. The lowest BCUT2D eigenvalue weighted by Gasteiger charge is -2.21. The van der Waals surface area contributed by atoms with Crippen LogP contribution in [-0.4, -0.2) is 38.1 Å². The smallest absolute Gasteiger partial charge is 0.356 e. The molecule has 0 saturated carbocycles. The van der Waals surface area contributed by atoms with Crippen molar-refractivity contribution in [1.82, 2.24) is 9.97 Å². The van der Waals surface area contributed by atoms with Gasteiger partial charge in [0.25, 0.3) is 0 Å². The van der Waals surface area contributed by atoms with Crippen molar-refractivity contribution < 1.29 is 22.7 Å². The summed E-state index contributed by atoms with van der Waals surface area (Å²) >= 11 is 0. The van der Waals surface area contributed by atoms with E-state index in [9.17, 15) is 13.2 Å². The number of benzene rings is 2. The molecule has 2 aromatic heterocycles. The van der Waals surface area contributed by atoms with Crippen LogP contribution < -0.4 is 9.04 Å². The van der Waals surface area contributed by atoms with E-state index >= 15 is 0 Å². The summed E-state index contributed by atoms with van der Waals surface area (Å²) in [6.45, 7) is 2.30. The van der Waals surface area contributed by atoms with Crippen LogP contribution in [0.4, 0.5) is 11.4 Å². The van der Waals surface area contributed by atoms with E-state index in [0.29, 0.717) is 40.4 Å². The normalized spacial score (nSPS) is 10.5. The van der Waals surface area contributed by atoms with E-state index in [-0.39, 0.29) is 5.69 Å². The highest BCUT2D eigenvalue weighted by Gasteiger charge is 2.19. The number of nitrogens with zero attached hydrogens (tertiary/aromatic N) is 3. The van der Waals surface area contributed by atoms with Crippen LogP contribution in [-0.2, 0) is 15.6 Å². The number of methoxy groups -OCH3 is 1. The summed E-state index contributed by atoms with van der Waals surface area (Å²) in [5.74, 6) is 6.01. The van der Waals surface area contributed by atoms with Crippen molar-refractivity contribution >= 4 is 39.1 Å². The lowest BCUT2D eigenvalue weighted by molar-refractivity contribution is 0.0594. The van der Waals surface area contributed by atoms with E-state index in [2.05, 4.69) is 26.5 Å². The molecule has 2 aromatic carbocycles. The zero-order valence-corrected chi connectivity index (χ0v) is 19.9. The van der Waals surface area contributed by atoms with Crippen molar-refractivity contribution in [2.24, 2.45) is 0 Å². The molecule has 4 rings (SSSR count). The molecule has 2 heterocycles. The molecular weight excluding hydrogens is 466 g/mol. The first-order chi connectivity index (χ1) is 17.0. The fourth-order valence-electron chi connectivity index (χ4n) is 3.45. The maximum atomic E-state index is 12.5.